The van der Waals surface area contributed by atoms with Gasteiger partial charge in [-0.15, -0.1) is 0 Å². The van der Waals surface area contributed by atoms with Gasteiger partial charge in [-0.3, -0.25) is 0 Å². The molecule has 0 saturated carbocycles. The molecular weight excluding hydrogens is 108 g/mol. The van der Waals surface area contributed by atoms with Gasteiger partial charge in [0.15, 0.2) is 0 Å². The standard InChI is InChI=1S/C9H16/c1-3-8(2)9-6-4-5-7-9/h4,6,8-9H,3,5,7H2,1-2H3. The highest BCUT2D eigenvalue weighted by Crippen LogP contribution is 2.26. The Hall–Kier alpha value is -0.260. The lowest BCUT2D eigenvalue weighted by atomic mass is 9.92. The summed E-state index contributed by atoms with van der Waals surface area (Å²) in [5.74, 6) is 1.80. The van der Waals surface area contributed by atoms with Crippen molar-refractivity contribution < 1.29 is 0 Å². The van der Waals surface area contributed by atoms with Crippen molar-refractivity contribution in [3.05, 3.63) is 12.2 Å². The molecule has 52 valence electrons. The van der Waals surface area contributed by atoms with Crippen LogP contribution in [0.3, 0.4) is 0 Å². The second-order valence-electron chi connectivity index (χ2n) is 3.05. The Balaban J connectivity index is 2.33. The van der Waals surface area contributed by atoms with Crippen molar-refractivity contribution in [1.82, 2.24) is 0 Å². The van der Waals surface area contributed by atoms with Gasteiger partial charge in [0.05, 0.1) is 0 Å². The Labute approximate surface area is 58.0 Å². The van der Waals surface area contributed by atoms with E-state index in [-0.39, 0.29) is 0 Å². The summed E-state index contributed by atoms with van der Waals surface area (Å²) in [6, 6.07) is 0. The maximum Gasteiger partial charge on any atom is -0.0205 e. The van der Waals surface area contributed by atoms with Crippen LogP contribution in [-0.4, -0.2) is 0 Å². The van der Waals surface area contributed by atoms with Crippen molar-refractivity contribution in [2.24, 2.45) is 11.8 Å². The van der Waals surface area contributed by atoms with E-state index in [1.165, 1.54) is 19.3 Å². The molecule has 0 saturated heterocycles. The van der Waals surface area contributed by atoms with Gasteiger partial charge in [0.25, 0.3) is 0 Å². The average molecular weight is 124 g/mol. The van der Waals surface area contributed by atoms with Crippen LogP contribution in [0.2, 0.25) is 0 Å². The molecule has 0 aliphatic heterocycles. The molecule has 0 amide bonds. The first-order valence-electron chi connectivity index (χ1n) is 4.01. The summed E-state index contributed by atoms with van der Waals surface area (Å²) in [6.45, 7) is 4.62. The highest BCUT2D eigenvalue weighted by molar-refractivity contribution is 4.97. The summed E-state index contributed by atoms with van der Waals surface area (Å²) < 4.78 is 0. The molecular formula is C9H16. The van der Waals surface area contributed by atoms with Gasteiger partial charge in [0, 0.05) is 0 Å². The first-order chi connectivity index (χ1) is 4.34. The fourth-order valence-electron chi connectivity index (χ4n) is 1.43. The number of allylic oxidation sites excluding steroid dienone is 2. The number of hydrogen-bond donors (Lipinski definition) is 0. The highest BCUT2D eigenvalue weighted by Gasteiger charge is 2.14. The largest absolute Gasteiger partial charge is 0.0882 e. The average Bonchev–Trinajstić information content (AvgIpc) is 2.37. The third-order valence-corrected chi connectivity index (χ3v) is 2.42. The number of rotatable bonds is 2. The van der Waals surface area contributed by atoms with Gasteiger partial charge in [0.1, 0.15) is 0 Å². The molecule has 0 aromatic heterocycles. The fraction of sp³-hybridized carbons (Fsp3) is 0.778. The summed E-state index contributed by atoms with van der Waals surface area (Å²) in [5, 5.41) is 0. The second kappa shape index (κ2) is 3.05. The molecule has 0 aromatic carbocycles. The Morgan fingerprint density at radius 1 is 1.67 bits per heavy atom. The van der Waals surface area contributed by atoms with Gasteiger partial charge < -0.3 is 0 Å². The van der Waals surface area contributed by atoms with Gasteiger partial charge >= 0.3 is 0 Å². The van der Waals surface area contributed by atoms with Crippen LogP contribution in [0.25, 0.3) is 0 Å². The quantitative estimate of drug-likeness (QED) is 0.496. The van der Waals surface area contributed by atoms with E-state index >= 15 is 0 Å². The predicted molar refractivity (Wildman–Crippen MR) is 41.3 cm³/mol. The summed E-state index contributed by atoms with van der Waals surface area (Å²) in [4.78, 5) is 0. The van der Waals surface area contributed by atoms with E-state index in [0.717, 1.165) is 11.8 Å². The smallest absolute Gasteiger partial charge is 0.0205 e. The van der Waals surface area contributed by atoms with Crippen LogP contribution in [-0.2, 0) is 0 Å². The Morgan fingerprint density at radius 2 is 2.44 bits per heavy atom. The van der Waals surface area contributed by atoms with E-state index in [9.17, 15) is 0 Å². The molecule has 2 atom stereocenters. The zero-order chi connectivity index (χ0) is 6.69. The molecule has 0 bridgehead atoms. The molecule has 0 heterocycles. The summed E-state index contributed by atoms with van der Waals surface area (Å²) in [5.41, 5.74) is 0. The SMILES string of the molecule is CCC(C)C1C=CCC1. The van der Waals surface area contributed by atoms with Crippen LogP contribution in [0.15, 0.2) is 12.2 Å². The molecule has 0 N–H and O–H groups in total. The van der Waals surface area contributed by atoms with Crippen LogP contribution >= 0.6 is 0 Å². The second-order valence-corrected chi connectivity index (χ2v) is 3.05. The van der Waals surface area contributed by atoms with E-state index in [0.29, 0.717) is 0 Å². The van der Waals surface area contributed by atoms with E-state index in [2.05, 4.69) is 26.0 Å². The molecule has 0 fully saturated rings. The Morgan fingerprint density at radius 3 is 2.89 bits per heavy atom. The Bertz CT molecular complexity index is 103. The monoisotopic (exact) mass is 124 g/mol. The number of hydrogen-bond acceptors (Lipinski definition) is 0. The van der Waals surface area contributed by atoms with Crippen LogP contribution in [0.5, 0.6) is 0 Å². The molecule has 2 unspecified atom stereocenters. The van der Waals surface area contributed by atoms with Gasteiger partial charge in [-0.1, -0.05) is 32.4 Å². The van der Waals surface area contributed by atoms with Crippen molar-refractivity contribution in [2.75, 3.05) is 0 Å². The lowest BCUT2D eigenvalue weighted by Gasteiger charge is -2.14. The van der Waals surface area contributed by atoms with Crippen molar-refractivity contribution >= 4 is 0 Å². The molecule has 0 spiro atoms. The Kier molecular flexibility index (Phi) is 2.32. The normalized spacial score (nSPS) is 28.9. The molecule has 0 aromatic rings. The third-order valence-electron chi connectivity index (χ3n) is 2.42. The lowest BCUT2D eigenvalue weighted by molar-refractivity contribution is 0.411. The first-order valence-corrected chi connectivity index (χ1v) is 4.01. The fourth-order valence-corrected chi connectivity index (χ4v) is 1.43. The van der Waals surface area contributed by atoms with Gasteiger partial charge in [-0.05, 0) is 24.7 Å². The van der Waals surface area contributed by atoms with Gasteiger partial charge in [-0.25, -0.2) is 0 Å². The van der Waals surface area contributed by atoms with Crippen LogP contribution < -0.4 is 0 Å². The lowest BCUT2D eigenvalue weighted by Crippen LogP contribution is -2.04. The molecule has 1 rings (SSSR count). The van der Waals surface area contributed by atoms with Crippen molar-refractivity contribution in [1.29, 1.82) is 0 Å². The molecule has 1 aliphatic carbocycles. The van der Waals surface area contributed by atoms with Gasteiger partial charge in [0.2, 0.25) is 0 Å². The van der Waals surface area contributed by atoms with Crippen LogP contribution in [0, 0.1) is 11.8 Å². The topological polar surface area (TPSA) is 0 Å². The summed E-state index contributed by atoms with van der Waals surface area (Å²) >= 11 is 0. The molecule has 9 heavy (non-hydrogen) atoms. The first kappa shape index (κ1) is 6.85. The zero-order valence-electron chi connectivity index (χ0n) is 6.43. The maximum atomic E-state index is 2.38. The van der Waals surface area contributed by atoms with E-state index < -0.39 is 0 Å². The third kappa shape index (κ3) is 1.57. The minimum Gasteiger partial charge on any atom is -0.0882 e. The molecule has 0 nitrogen and oxygen atoms in total. The zero-order valence-corrected chi connectivity index (χ0v) is 6.43. The minimum absolute atomic E-state index is 0.898. The van der Waals surface area contributed by atoms with Crippen molar-refractivity contribution in [2.45, 2.75) is 33.1 Å². The van der Waals surface area contributed by atoms with Crippen molar-refractivity contribution in [3.8, 4) is 0 Å². The summed E-state index contributed by atoms with van der Waals surface area (Å²) in [6.07, 6.45) is 8.74. The summed E-state index contributed by atoms with van der Waals surface area (Å²) in [7, 11) is 0. The van der Waals surface area contributed by atoms with Crippen LogP contribution in [0.4, 0.5) is 0 Å². The van der Waals surface area contributed by atoms with Crippen LogP contribution in [0.1, 0.15) is 33.1 Å². The maximum absolute atomic E-state index is 2.38. The van der Waals surface area contributed by atoms with Gasteiger partial charge in [-0.2, -0.15) is 0 Å². The van der Waals surface area contributed by atoms with E-state index in [4.69, 9.17) is 0 Å². The molecule has 0 radical (unpaired) electrons. The molecule has 1 aliphatic rings. The molecule has 0 heteroatoms. The van der Waals surface area contributed by atoms with Crippen molar-refractivity contribution in [3.63, 3.8) is 0 Å². The predicted octanol–water partition coefficient (Wildman–Crippen LogP) is 3.00. The van der Waals surface area contributed by atoms with E-state index in [1.807, 2.05) is 0 Å². The van der Waals surface area contributed by atoms with E-state index in [1.54, 1.807) is 0 Å². The minimum atomic E-state index is 0.898. The highest BCUT2D eigenvalue weighted by atomic mass is 14.2.